The monoisotopic (exact) mass is 330 g/mol. The zero-order valence-electron chi connectivity index (χ0n) is 14.7. The Kier molecular flexibility index (Phi) is 6.37. The second-order valence-corrected chi connectivity index (χ2v) is 6.73. The average Bonchev–Trinajstić information content (AvgIpc) is 2.54. The Bertz CT molecular complexity index is 643. The molecule has 0 aromatic heterocycles. The molecule has 0 saturated carbocycles. The van der Waals surface area contributed by atoms with Crippen molar-refractivity contribution in [1.82, 2.24) is 4.90 Å². The molecule has 0 atom stereocenters. The van der Waals surface area contributed by atoms with Gasteiger partial charge in [-0.05, 0) is 42.6 Å². The Labute approximate surface area is 144 Å². The van der Waals surface area contributed by atoms with Crippen LogP contribution in [0.25, 0.3) is 0 Å². The van der Waals surface area contributed by atoms with Crippen LogP contribution in [0.3, 0.4) is 0 Å². The van der Waals surface area contributed by atoms with Crippen molar-refractivity contribution in [3.63, 3.8) is 0 Å². The number of hydrogen-bond donors (Lipinski definition) is 0. The molecule has 0 bridgehead atoms. The minimum atomic E-state index is 0.896. The predicted molar refractivity (Wildman–Crippen MR) is 101 cm³/mol. The topological polar surface area (TPSA) is 15.7 Å². The minimum absolute atomic E-state index is 0.896. The van der Waals surface area contributed by atoms with Gasteiger partial charge >= 0.3 is 0 Å². The zero-order valence-corrected chi connectivity index (χ0v) is 15.5. The molecule has 0 N–H and O–H groups in total. The van der Waals surface area contributed by atoms with Crippen molar-refractivity contribution in [3.8, 4) is 5.75 Å². The molecule has 0 heterocycles. The van der Waals surface area contributed by atoms with E-state index >= 15 is 0 Å². The zero-order chi connectivity index (χ0) is 16.8. The van der Waals surface area contributed by atoms with Gasteiger partial charge in [-0.1, -0.05) is 24.3 Å². The highest BCUT2D eigenvalue weighted by Gasteiger charge is 2.09. The second kappa shape index (κ2) is 8.27. The molecule has 0 saturated heterocycles. The SMILES string of the molecule is COc1cc(CN(C)Cc2ccccc2N(C)C)ccc1SC. The van der Waals surface area contributed by atoms with Crippen molar-refractivity contribution in [2.45, 2.75) is 18.0 Å². The summed E-state index contributed by atoms with van der Waals surface area (Å²) >= 11 is 1.71. The number of para-hydroxylation sites is 1. The Morgan fingerprint density at radius 3 is 2.39 bits per heavy atom. The first-order chi connectivity index (χ1) is 11.0. The molecule has 124 valence electrons. The number of hydrogen-bond acceptors (Lipinski definition) is 4. The quantitative estimate of drug-likeness (QED) is 0.710. The highest BCUT2D eigenvalue weighted by molar-refractivity contribution is 7.98. The van der Waals surface area contributed by atoms with Gasteiger partial charge in [0.2, 0.25) is 0 Å². The first-order valence-electron chi connectivity index (χ1n) is 7.69. The molecule has 0 radical (unpaired) electrons. The largest absolute Gasteiger partial charge is 0.496 e. The van der Waals surface area contributed by atoms with Gasteiger partial charge in [0.25, 0.3) is 0 Å². The molecule has 2 rings (SSSR count). The highest BCUT2D eigenvalue weighted by Crippen LogP contribution is 2.29. The molecule has 0 spiro atoms. The summed E-state index contributed by atoms with van der Waals surface area (Å²) in [7, 11) is 8.06. The Morgan fingerprint density at radius 2 is 1.74 bits per heavy atom. The average molecular weight is 330 g/mol. The van der Waals surface area contributed by atoms with Crippen molar-refractivity contribution in [1.29, 1.82) is 0 Å². The van der Waals surface area contributed by atoms with Crippen LogP contribution in [0.2, 0.25) is 0 Å². The fraction of sp³-hybridized carbons (Fsp3) is 0.368. The van der Waals surface area contributed by atoms with Crippen LogP contribution < -0.4 is 9.64 Å². The van der Waals surface area contributed by atoms with Gasteiger partial charge in [-0.25, -0.2) is 0 Å². The van der Waals surface area contributed by atoms with Crippen LogP contribution in [0.5, 0.6) is 5.75 Å². The van der Waals surface area contributed by atoms with Gasteiger partial charge in [-0.15, -0.1) is 11.8 Å². The van der Waals surface area contributed by atoms with E-state index in [9.17, 15) is 0 Å². The number of rotatable bonds is 7. The first-order valence-corrected chi connectivity index (χ1v) is 8.92. The maximum atomic E-state index is 5.48. The normalized spacial score (nSPS) is 10.9. The highest BCUT2D eigenvalue weighted by atomic mass is 32.2. The van der Waals surface area contributed by atoms with Gasteiger partial charge in [-0.3, -0.25) is 4.90 Å². The van der Waals surface area contributed by atoms with E-state index in [4.69, 9.17) is 4.74 Å². The van der Waals surface area contributed by atoms with E-state index < -0.39 is 0 Å². The summed E-state index contributed by atoms with van der Waals surface area (Å²) in [6.45, 7) is 1.81. The van der Waals surface area contributed by atoms with E-state index in [0.29, 0.717) is 0 Å². The molecule has 0 amide bonds. The summed E-state index contributed by atoms with van der Waals surface area (Å²) in [4.78, 5) is 5.67. The van der Waals surface area contributed by atoms with Crippen molar-refractivity contribution in [2.24, 2.45) is 0 Å². The third-order valence-electron chi connectivity index (χ3n) is 3.81. The van der Waals surface area contributed by atoms with Crippen LogP contribution in [-0.2, 0) is 13.1 Å². The fourth-order valence-corrected chi connectivity index (χ4v) is 3.27. The number of methoxy groups -OCH3 is 1. The molecular formula is C19H26N2OS. The predicted octanol–water partition coefficient (Wildman–Crippen LogP) is 4.12. The lowest BCUT2D eigenvalue weighted by Gasteiger charge is -2.22. The van der Waals surface area contributed by atoms with Gasteiger partial charge in [0.1, 0.15) is 5.75 Å². The van der Waals surface area contributed by atoms with Crippen LogP contribution in [0.15, 0.2) is 47.4 Å². The van der Waals surface area contributed by atoms with Crippen molar-refractivity contribution in [3.05, 3.63) is 53.6 Å². The maximum Gasteiger partial charge on any atom is 0.132 e. The molecule has 0 fully saturated rings. The van der Waals surface area contributed by atoms with E-state index in [-0.39, 0.29) is 0 Å². The number of ether oxygens (including phenoxy) is 1. The second-order valence-electron chi connectivity index (χ2n) is 5.88. The molecule has 2 aromatic rings. The maximum absolute atomic E-state index is 5.48. The van der Waals surface area contributed by atoms with Gasteiger partial charge in [0.05, 0.1) is 7.11 Å². The van der Waals surface area contributed by atoms with Gasteiger partial charge in [0, 0.05) is 37.8 Å². The standard InChI is InChI=1S/C19H26N2OS/c1-20(2)17-9-7-6-8-16(17)14-21(3)13-15-10-11-19(23-5)18(12-15)22-4/h6-12H,13-14H2,1-5H3. The van der Waals surface area contributed by atoms with Crippen LogP contribution in [0, 0.1) is 0 Å². The van der Waals surface area contributed by atoms with E-state index in [1.807, 2.05) is 0 Å². The molecular weight excluding hydrogens is 304 g/mol. The molecule has 0 unspecified atom stereocenters. The molecule has 3 nitrogen and oxygen atoms in total. The van der Waals surface area contributed by atoms with Crippen molar-refractivity contribution < 1.29 is 4.74 Å². The Hall–Kier alpha value is -1.65. The van der Waals surface area contributed by atoms with Gasteiger partial charge in [0.15, 0.2) is 0 Å². The van der Waals surface area contributed by atoms with Crippen LogP contribution >= 0.6 is 11.8 Å². The van der Waals surface area contributed by atoms with Crippen molar-refractivity contribution >= 4 is 17.4 Å². The lowest BCUT2D eigenvalue weighted by Crippen LogP contribution is -2.20. The van der Waals surface area contributed by atoms with Crippen LogP contribution in [0.1, 0.15) is 11.1 Å². The third-order valence-corrected chi connectivity index (χ3v) is 4.59. The number of benzene rings is 2. The summed E-state index contributed by atoms with van der Waals surface area (Å²) in [6, 6.07) is 15.0. The molecule has 23 heavy (non-hydrogen) atoms. The molecule has 2 aromatic carbocycles. The van der Waals surface area contributed by atoms with E-state index in [1.54, 1.807) is 18.9 Å². The third kappa shape index (κ3) is 4.66. The Morgan fingerprint density at radius 1 is 1.00 bits per heavy atom. The Balaban J connectivity index is 2.09. The molecule has 0 aliphatic carbocycles. The summed E-state index contributed by atoms with van der Waals surface area (Å²) < 4.78 is 5.48. The summed E-state index contributed by atoms with van der Waals surface area (Å²) in [5.41, 5.74) is 3.88. The van der Waals surface area contributed by atoms with E-state index in [0.717, 1.165) is 18.8 Å². The summed E-state index contributed by atoms with van der Waals surface area (Å²) in [5.74, 6) is 0.956. The molecule has 0 aliphatic heterocycles. The minimum Gasteiger partial charge on any atom is -0.496 e. The van der Waals surface area contributed by atoms with E-state index in [1.165, 1.54) is 21.7 Å². The van der Waals surface area contributed by atoms with Crippen LogP contribution in [-0.4, -0.2) is 39.4 Å². The number of thioether (sulfide) groups is 1. The van der Waals surface area contributed by atoms with Crippen LogP contribution in [0.4, 0.5) is 5.69 Å². The molecule has 0 aliphatic rings. The lowest BCUT2D eigenvalue weighted by atomic mass is 10.1. The molecule has 4 heteroatoms. The smallest absolute Gasteiger partial charge is 0.132 e. The fourth-order valence-electron chi connectivity index (χ4n) is 2.72. The number of nitrogens with zero attached hydrogens (tertiary/aromatic N) is 2. The summed E-state index contributed by atoms with van der Waals surface area (Å²) in [5, 5.41) is 0. The first kappa shape index (κ1) is 17.7. The van der Waals surface area contributed by atoms with Gasteiger partial charge in [-0.2, -0.15) is 0 Å². The number of anilines is 1. The van der Waals surface area contributed by atoms with E-state index in [2.05, 4.69) is 79.7 Å². The van der Waals surface area contributed by atoms with Crippen molar-refractivity contribution in [2.75, 3.05) is 39.4 Å². The lowest BCUT2D eigenvalue weighted by molar-refractivity contribution is 0.318. The van der Waals surface area contributed by atoms with Gasteiger partial charge < -0.3 is 9.64 Å². The summed E-state index contributed by atoms with van der Waals surface area (Å²) in [6.07, 6.45) is 2.07.